The Balaban J connectivity index is 0.00000182. The number of anilines is 1. The minimum atomic E-state index is -0.0796. The molecule has 2 aliphatic carbocycles. The molecule has 8 heteroatoms. The van der Waals surface area contributed by atoms with E-state index in [2.05, 4.69) is 15.5 Å². The molecule has 3 N–H and O–H groups in total. The van der Waals surface area contributed by atoms with Crippen LogP contribution in [0.1, 0.15) is 29.8 Å². The van der Waals surface area contributed by atoms with E-state index < -0.39 is 0 Å². The third kappa shape index (κ3) is 3.82. The Hall–Kier alpha value is -1.21. The van der Waals surface area contributed by atoms with Crippen molar-refractivity contribution in [3.8, 4) is 0 Å². The van der Waals surface area contributed by atoms with Gasteiger partial charge in [-0.2, -0.15) is 0 Å². The van der Waals surface area contributed by atoms with Crippen LogP contribution in [0, 0.1) is 17.8 Å². The maximum absolute atomic E-state index is 12.6. The SMILES string of the molecule is Cl.NC1C2CCC(C2)C1C(=O)Nc1nnc(Cc2cccc(Cl)c2)s1. The molecule has 2 aliphatic rings. The molecule has 1 aromatic carbocycles. The predicted molar refractivity (Wildman–Crippen MR) is 102 cm³/mol. The van der Waals surface area contributed by atoms with E-state index in [1.54, 1.807) is 0 Å². The normalized spacial score (nSPS) is 27.1. The molecule has 0 aliphatic heterocycles. The number of fused-ring (bicyclic) bond motifs is 2. The van der Waals surface area contributed by atoms with Crippen molar-refractivity contribution in [2.24, 2.45) is 23.5 Å². The van der Waals surface area contributed by atoms with E-state index in [4.69, 9.17) is 17.3 Å². The van der Waals surface area contributed by atoms with Crippen LogP contribution in [0.3, 0.4) is 0 Å². The molecule has 0 spiro atoms. The first-order valence-electron chi connectivity index (χ1n) is 8.23. The molecule has 0 radical (unpaired) electrons. The van der Waals surface area contributed by atoms with Crippen LogP contribution in [-0.4, -0.2) is 22.1 Å². The third-order valence-corrected chi connectivity index (χ3v) is 6.30. The van der Waals surface area contributed by atoms with Gasteiger partial charge in [0.2, 0.25) is 11.0 Å². The number of benzene rings is 1. The number of nitrogens with one attached hydrogen (secondary N) is 1. The lowest BCUT2D eigenvalue weighted by atomic mass is 9.84. The first-order chi connectivity index (χ1) is 11.6. The zero-order valence-electron chi connectivity index (χ0n) is 13.5. The average molecular weight is 399 g/mol. The van der Waals surface area contributed by atoms with Gasteiger partial charge in [-0.25, -0.2) is 0 Å². The number of hydrogen-bond acceptors (Lipinski definition) is 5. The summed E-state index contributed by atoms with van der Waals surface area (Å²) in [7, 11) is 0. The van der Waals surface area contributed by atoms with Crippen LogP contribution in [0.4, 0.5) is 5.13 Å². The smallest absolute Gasteiger partial charge is 0.231 e. The summed E-state index contributed by atoms with van der Waals surface area (Å²) in [6.07, 6.45) is 4.03. The van der Waals surface area contributed by atoms with Crippen LogP contribution in [-0.2, 0) is 11.2 Å². The Morgan fingerprint density at radius 2 is 2.12 bits per heavy atom. The Morgan fingerprint density at radius 3 is 2.84 bits per heavy atom. The Bertz CT molecular complexity index is 767. The molecule has 4 rings (SSSR count). The van der Waals surface area contributed by atoms with Gasteiger partial charge < -0.3 is 11.1 Å². The van der Waals surface area contributed by atoms with Crippen LogP contribution in [0.15, 0.2) is 24.3 Å². The largest absolute Gasteiger partial charge is 0.327 e. The highest BCUT2D eigenvalue weighted by Crippen LogP contribution is 2.47. The third-order valence-electron chi connectivity index (χ3n) is 5.22. The molecule has 0 saturated heterocycles. The fraction of sp³-hybridized carbons (Fsp3) is 0.471. The van der Waals surface area contributed by atoms with Gasteiger partial charge in [0.25, 0.3) is 0 Å². The van der Waals surface area contributed by atoms with Gasteiger partial charge in [-0.05, 0) is 48.8 Å². The monoisotopic (exact) mass is 398 g/mol. The van der Waals surface area contributed by atoms with Gasteiger partial charge in [0.1, 0.15) is 5.01 Å². The summed E-state index contributed by atoms with van der Waals surface area (Å²) in [5, 5.41) is 13.3. The molecule has 2 bridgehead atoms. The lowest BCUT2D eigenvalue weighted by Gasteiger charge is -2.26. The number of carbonyl (C=O) groups excluding carboxylic acids is 1. The van der Waals surface area contributed by atoms with Gasteiger partial charge in [0.05, 0.1) is 5.92 Å². The first kappa shape index (κ1) is 18.6. The topological polar surface area (TPSA) is 80.9 Å². The van der Waals surface area contributed by atoms with Crippen molar-refractivity contribution in [2.45, 2.75) is 31.7 Å². The minimum Gasteiger partial charge on any atom is -0.327 e. The van der Waals surface area contributed by atoms with E-state index in [1.165, 1.54) is 11.3 Å². The summed E-state index contributed by atoms with van der Waals surface area (Å²) in [4.78, 5) is 12.6. The zero-order valence-corrected chi connectivity index (χ0v) is 15.9. The molecule has 2 fully saturated rings. The first-order valence-corrected chi connectivity index (χ1v) is 9.43. The molecule has 2 aromatic rings. The minimum absolute atomic E-state index is 0. The van der Waals surface area contributed by atoms with E-state index in [9.17, 15) is 4.79 Å². The predicted octanol–water partition coefficient (Wildman–Crippen LogP) is 3.52. The lowest BCUT2D eigenvalue weighted by Crippen LogP contribution is -2.42. The molecule has 5 nitrogen and oxygen atoms in total. The molecular formula is C17H20Cl2N4OS. The summed E-state index contributed by atoms with van der Waals surface area (Å²) in [6, 6.07) is 7.66. The Labute approximate surface area is 161 Å². The number of halogens is 2. The van der Waals surface area contributed by atoms with E-state index in [-0.39, 0.29) is 30.3 Å². The maximum Gasteiger partial charge on any atom is 0.231 e. The summed E-state index contributed by atoms with van der Waals surface area (Å²) >= 11 is 7.40. The highest BCUT2D eigenvalue weighted by atomic mass is 35.5. The molecule has 1 heterocycles. The van der Waals surface area contributed by atoms with Gasteiger partial charge in [0.15, 0.2) is 0 Å². The molecule has 1 amide bonds. The fourth-order valence-electron chi connectivity index (χ4n) is 4.11. The van der Waals surface area contributed by atoms with Gasteiger partial charge in [-0.3, -0.25) is 4.79 Å². The van der Waals surface area contributed by atoms with Crippen LogP contribution in [0.2, 0.25) is 5.02 Å². The van der Waals surface area contributed by atoms with E-state index in [0.717, 1.165) is 29.8 Å². The van der Waals surface area contributed by atoms with Gasteiger partial charge in [0, 0.05) is 17.5 Å². The average Bonchev–Trinajstić information content (AvgIpc) is 3.23. The second-order valence-electron chi connectivity index (χ2n) is 6.73. The van der Waals surface area contributed by atoms with Crippen LogP contribution in [0.5, 0.6) is 0 Å². The van der Waals surface area contributed by atoms with Crippen molar-refractivity contribution < 1.29 is 4.79 Å². The Kier molecular flexibility index (Phi) is 5.63. The highest BCUT2D eigenvalue weighted by molar-refractivity contribution is 7.15. The van der Waals surface area contributed by atoms with E-state index in [0.29, 0.717) is 28.4 Å². The molecule has 25 heavy (non-hydrogen) atoms. The van der Waals surface area contributed by atoms with E-state index in [1.807, 2.05) is 24.3 Å². The van der Waals surface area contributed by atoms with Crippen molar-refractivity contribution in [3.05, 3.63) is 39.9 Å². The molecular weight excluding hydrogens is 379 g/mol. The second kappa shape index (κ2) is 7.58. The molecule has 4 atom stereocenters. The zero-order chi connectivity index (χ0) is 16.7. The Morgan fingerprint density at radius 1 is 1.32 bits per heavy atom. The second-order valence-corrected chi connectivity index (χ2v) is 8.23. The number of aromatic nitrogens is 2. The number of nitrogens with two attached hydrogens (primary N) is 1. The van der Waals surface area contributed by atoms with Crippen LogP contribution in [0.25, 0.3) is 0 Å². The van der Waals surface area contributed by atoms with Gasteiger partial charge in [-0.1, -0.05) is 35.1 Å². The van der Waals surface area contributed by atoms with Crippen molar-refractivity contribution >= 4 is 46.4 Å². The molecule has 134 valence electrons. The summed E-state index contributed by atoms with van der Waals surface area (Å²) in [5.41, 5.74) is 7.31. The summed E-state index contributed by atoms with van der Waals surface area (Å²) < 4.78 is 0. The number of amides is 1. The van der Waals surface area contributed by atoms with Gasteiger partial charge in [-0.15, -0.1) is 22.6 Å². The molecule has 2 saturated carbocycles. The van der Waals surface area contributed by atoms with Crippen LogP contribution >= 0.6 is 35.3 Å². The number of hydrogen-bond donors (Lipinski definition) is 2. The molecule has 4 unspecified atom stereocenters. The summed E-state index contributed by atoms with van der Waals surface area (Å²) in [5.74, 6) is 0.867. The van der Waals surface area contributed by atoms with Crippen molar-refractivity contribution in [1.82, 2.24) is 10.2 Å². The van der Waals surface area contributed by atoms with E-state index >= 15 is 0 Å². The summed E-state index contributed by atoms with van der Waals surface area (Å²) in [6.45, 7) is 0. The number of rotatable bonds is 4. The highest BCUT2D eigenvalue weighted by Gasteiger charge is 2.49. The lowest BCUT2D eigenvalue weighted by molar-refractivity contribution is -0.121. The number of nitrogens with zero attached hydrogens (tertiary/aromatic N) is 2. The van der Waals surface area contributed by atoms with Crippen molar-refractivity contribution in [2.75, 3.05) is 5.32 Å². The van der Waals surface area contributed by atoms with Crippen molar-refractivity contribution in [3.63, 3.8) is 0 Å². The number of carbonyl (C=O) groups is 1. The van der Waals surface area contributed by atoms with Crippen molar-refractivity contribution in [1.29, 1.82) is 0 Å². The van der Waals surface area contributed by atoms with Crippen LogP contribution < -0.4 is 11.1 Å². The fourth-order valence-corrected chi connectivity index (χ4v) is 5.10. The maximum atomic E-state index is 12.6. The molecule has 1 aromatic heterocycles. The van der Waals surface area contributed by atoms with Gasteiger partial charge >= 0.3 is 0 Å². The quantitative estimate of drug-likeness (QED) is 0.825. The standard InChI is InChI=1S/C17H19ClN4OS.ClH/c18-12-3-1-2-9(6-12)7-13-21-22-17(24-13)20-16(23)14-10-4-5-11(8-10)15(14)19;/h1-3,6,10-11,14-15H,4-5,7-8,19H2,(H,20,22,23);1H.